The maximum Gasteiger partial charge on any atom is 0.199 e. The fraction of sp³-hybridized carbons (Fsp3) is 0.600. The standard InChI is InChI=1S/C10H13ClN6/c11-5-8-1-3-16(4-2-8)10-7-12-6-9-13-14-15-17(9)10/h6-8H,1-5H2. The molecule has 0 atom stereocenters. The molecule has 1 aliphatic heterocycles. The van der Waals surface area contributed by atoms with E-state index < -0.39 is 0 Å². The largest absolute Gasteiger partial charge is 0.355 e. The van der Waals surface area contributed by atoms with Crippen LogP contribution in [0.2, 0.25) is 0 Å². The average molecular weight is 253 g/mol. The van der Waals surface area contributed by atoms with Gasteiger partial charge in [0, 0.05) is 19.0 Å². The predicted molar refractivity (Wildman–Crippen MR) is 64.2 cm³/mol. The summed E-state index contributed by atoms with van der Waals surface area (Å²) in [5.41, 5.74) is 0.682. The molecule has 0 unspecified atom stereocenters. The van der Waals surface area contributed by atoms with Crippen LogP contribution in [0.1, 0.15) is 12.8 Å². The van der Waals surface area contributed by atoms with Crippen molar-refractivity contribution in [3.05, 3.63) is 12.4 Å². The molecule has 0 aromatic carbocycles. The number of hydrogen-bond donors (Lipinski definition) is 0. The van der Waals surface area contributed by atoms with Crippen LogP contribution in [-0.4, -0.2) is 44.0 Å². The highest BCUT2D eigenvalue weighted by Gasteiger charge is 2.20. The first-order valence-electron chi connectivity index (χ1n) is 5.71. The summed E-state index contributed by atoms with van der Waals surface area (Å²) >= 11 is 5.88. The van der Waals surface area contributed by atoms with Crippen molar-refractivity contribution in [1.29, 1.82) is 0 Å². The average Bonchev–Trinajstić information content (AvgIpc) is 2.87. The van der Waals surface area contributed by atoms with Crippen LogP contribution in [-0.2, 0) is 0 Å². The Kier molecular flexibility index (Phi) is 2.80. The predicted octanol–water partition coefficient (Wildman–Crippen LogP) is 0.974. The van der Waals surface area contributed by atoms with Crippen molar-refractivity contribution in [3.8, 4) is 0 Å². The highest BCUT2D eigenvalue weighted by molar-refractivity contribution is 6.18. The molecule has 3 rings (SSSR count). The molecule has 2 aromatic heterocycles. The van der Waals surface area contributed by atoms with E-state index in [0.717, 1.165) is 37.6 Å². The lowest BCUT2D eigenvalue weighted by molar-refractivity contribution is 0.439. The Hall–Kier alpha value is -1.43. The molecule has 0 radical (unpaired) electrons. The lowest BCUT2D eigenvalue weighted by atomic mass is 9.99. The first-order valence-corrected chi connectivity index (χ1v) is 6.25. The van der Waals surface area contributed by atoms with E-state index in [1.807, 2.05) is 6.20 Å². The van der Waals surface area contributed by atoms with Gasteiger partial charge in [0.15, 0.2) is 11.5 Å². The first-order chi connectivity index (χ1) is 8.38. The van der Waals surface area contributed by atoms with Crippen LogP contribution < -0.4 is 4.90 Å². The van der Waals surface area contributed by atoms with Gasteiger partial charge in [0.25, 0.3) is 0 Å². The van der Waals surface area contributed by atoms with Crippen LogP contribution in [0.15, 0.2) is 12.4 Å². The summed E-state index contributed by atoms with van der Waals surface area (Å²) in [6.45, 7) is 1.97. The summed E-state index contributed by atoms with van der Waals surface area (Å²) in [6, 6.07) is 0. The summed E-state index contributed by atoms with van der Waals surface area (Å²) < 4.78 is 1.73. The Morgan fingerprint density at radius 1 is 1.29 bits per heavy atom. The van der Waals surface area contributed by atoms with E-state index in [2.05, 4.69) is 25.4 Å². The monoisotopic (exact) mass is 252 g/mol. The van der Waals surface area contributed by atoms with Gasteiger partial charge in [-0.25, -0.2) is 0 Å². The molecule has 6 nitrogen and oxygen atoms in total. The van der Waals surface area contributed by atoms with Crippen LogP contribution in [0.5, 0.6) is 0 Å². The second-order valence-corrected chi connectivity index (χ2v) is 4.61. The molecule has 0 spiro atoms. The van der Waals surface area contributed by atoms with Crippen molar-refractivity contribution >= 4 is 23.1 Å². The van der Waals surface area contributed by atoms with Crippen molar-refractivity contribution in [1.82, 2.24) is 25.0 Å². The fourth-order valence-corrected chi connectivity index (χ4v) is 2.50. The van der Waals surface area contributed by atoms with Crippen LogP contribution in [0.3, 0.4) is 0 Å². The van der Waals surface area contributed by atoms with Crippen LogP contribution in [0, 0.1) is 5.92 Å². The Bertz CT molecular complexity index is 504. The molecule has 0 N–H and O–H groups in total. The Balaban J connectivity index is 1.87. The van der Waals surface area contributed by atoms with E-state index in [1.54, 1.807) is 10.7 Å². The van der Waals surface area contributed by atoms with Crippen molar-refractivity contribution < 1.29 is 0 Å². The van der Waals surface area contributed by atoms with Crippen molar-refractivity contribution in [3.63, 3.8) is 0 Å². The van der Waals surface area contributed by atoms with Gasteiger partial charge in [-0.05, 0) is 29.2 Å². The second kappa shape index (κ2) is 4.44. The lowest BCUT2D eigenvalue weighted by Crippen LogP contribution is -2.35. The van der Waals surface area contributed by atoms with Crippen LogP contribution in [0.4, 0.5) is 5.82 Å². The molecule has 1 aliphatic rings. The molecular weight excluding hydrogens is 240 g/mol. The zero-order chi connectivity index (χ0) is 11.7. The number of rotatable bonds is 2. The molecule has 3 heterocycles. The highest BCUT2D eigenvalue weighted by atomic mass is 35.5. The molecule has 1 saturated heterocycles. The van der Waals surface area contributed by atoms with E-state index in [0.29, 0.717) is 11.6 Å². The number of alkyl halides is 1. The van der Waals surface area contributed by atoms with Crippen molar-refractivity contribution in [2.45, 2.75) is 12.8 Å². The second-order valence-electron chi connectivity index (χ2n) is 4.30. The minimum Gasteiger partial charge on any atom is -0.355 e. The lowest BCUT2D eigenvalue weighted by Gasteiger charge is -2.32. The summed E-state index contributed by atoms with van der Waals surface area (Å²) in [5, 5.41) is 11.5. The van der Waals surface area contributed by atoms with Gasteiger partial charge in [0.1, 0.15) is 0 Å². The molecule has 1 fully saturated rings. The maximum atomic E-state index is 5.88. The molecule has 17 heavy (non-hydrogen) atoms. The molecule has 2 aromatic rings. The van der Waals surface area contributed by atoms with E-state index in [4.69, 9.17) is 11.6 Å². The number of hydrogen-bond acceptors (Lipinski definition) is 5. The minimum absolute atomic E-state index is 0.633. The molecule has 0 bridgehead atoms. The fourth-order valence-electron chi connectivity index (χ4n) is 2.19. The smallest absolute Gasteiger partial charge is 0.199 e. The number of tetrazole rings is 1. The first kappa shape index (κ1) is 10.7. The number of fused-ring (bicyclic) bond motifs is 1. The SMILES string of the molecule is ClCC1CCN(c2cncc3nnnn23)CC1. The molecule has 0 saturated carbocycles. The highest BCUT2D eigenvalue weighted by Crippen LogP contribution is 2.23. The maximum absolute atomic E-state index is 5.88. The van der Waals surface area contributed by atoms with E-state index in [-0.39, 0.29) is 0 Å². The van der Waals surface area contributed by atoms with Crippen LogP contribution >= 0.6 is 11.6 Å². The Labute approximate surface area is 104 Å². The number of aromatic nitrogens is 5. The van der Waals surface area contributed by atoms with Gasteiger partial charge in [-0.3, -0.25) is 4.98 Å². The number of piperidine rings is 1. The Morgan fingerprint density at radius 3 is 2.88 bits per heavy atom. The number of nitrogens with zero attached hydrogens (tertiary/aromatic N) is 6. The summed E-state index contributed by atoms with van der Waals surface area (Å²) in [7, 11) is 0. The molecule has 90 valence electrons. The molecular formula is C10H13ClN6. The van der Waals surface area contributed by atoms with Crippen molar-refractivity contribution in [2.24, 2.45) is 5.92 Å². The third kappa shape index (κ3) is 1.93. The zero-order valence-corrected chi connectivity index (χ0v) is 10.1. The quantitative estimate of drug-likeness (QED) is 0.746. The van der Waals surface area contributed by atoms with Gasteiger partial charge >= 0.3 is 0 Å². The molecule has 0 aliphatic carbocycles. The Morgan fingerprint density at radius 2 is 2.12 bits per heavy atom. The minimum atomic E-state index is 0.633. The van der Waals surface area contributed by atoms with Gasteiger partial charge < -0.3 is 4.90 Å². The normalized spacial score (nSPS) is 17.8. The molecule has 0 amide bonds. The third-order valence-corrected chi connectivity index (χ3v) is 3.68. The van der Waals surface area contributed by atoms with E-state index >= 15 is 0 Å². The molecule has 7 heteroatoms. The van der Waals surface area contributed by atoms with Gasteiger partial charge in [-0.15, -0.1) is 16.7 Å². The number of halogens is 1. The number of anilines is 1. The summed E-state index contributed by atoms with van der Waals surface area (Å²) in [4.78, 5) is 6.43. The van der Waals surface area contributed by atoms with Gasteiger partial charge in [-0.2, -0.15) is 4.52 Å². The zero-order valence-electron chi connectivity index (χ0n) is 9.33. The summed E-state index contributed by atoms with van der Waals surface area (Å²) in [6.07, 6.45) is 5.70. The van der Waals surface area contributed by atoms with Gasteiger partial charge in [0.2, 0.25) is 0 Å². The van der Waals surface area contributed by atoms with Crippen LogP contribution in [0.25, 0.3) is 5.65 Å². The van der Waals surface area contributed by atoms with E-state index in [9.17, 15) is 0 Å². The third-order valence-electron chi connectivity index (χ3n) is 3.25. The summed E-state index contributed by atoms with van der Waals surface area (Å²) in [5.74, 6) is 2.34. The van der Waals surface area contributed by atoms with E-state index in [1.165, 1.54) is 0 Å². The van der Waals surface area contributed by atoms with Crippen molar-refractivity contribution in [2.75, 3.05) is 23.9 Å². The topological polar surface area (TPSA) is 59.2 Å². The van der Waals surface area contributed by atoms with Gasteiger partial charge in [-0.1, -0.05) is 0 Å². The van der Waals surface area contributed by atoms with Gasteiger partial charge in [0.05, 0.1) is 12.4 Å².